The molecule has 0 amide bonds. The Morgan fingerprint density at radius 1 is 1.47 bits per heavy atom. The molecule has 0 saturated carbocycles. The van der Waals surface area contributed by atoms with Gasteiger partial charge in [0.2, 0.25) is 0 Å². The van der Waals surface area contributed by atoms with Crippen LogP contribution >= 0.6 is 0 Å². The van der Waals surface area contributed by atoms with Gasteiger partial charge in [-0.15, -0.1) is 0 Å². The molecule has 0 bridgehead atoms. The first-order chi connectivity index (χ1) is 8.71. The topological polar surface area (TPSA) is 71.3 Å². The average Bonchev–Trinajstić information content (AvgIpc) is 2.26. The lowest BCUT2D eigenvalue weighted by atomic mass is 10.2. The lowest BCUT2D eigenvalue weighted by Crippen LogP contribution is -2.21. The third-order valence-corrected chi connectivity index (χ3v) is 2.24. The van der Waals surface area contributed by atoms with E-state index in [9.17, 15) is 23.3 Å². The van der Waals surface area contributed by atoms with Crippen molar-refractivity contribution >= 4 is 11.4 Å². The van der Waals surface area contributed by atoms with Crippen LogP contribution < -0.4 is 5.32 Å². The summed E-state index contributed by atoms with van der Waals surface area (Å²) in [6.45, 7) is 0.815. The fraction of sp³-hybridized carbons (Fsp3) is 0.500. The molecule has 0 atom stereocenters. The zero-order valence-electron chi connectivity index (χ0n) is 10.4. The van der Waals surface area contributed by atoms with Crippen LogP contribution in [0.3, 0.4) is 0 Å². The standard InChI is InChI=1S/C10H13F3N4O2/c1-16(2)4-3-14-7-5-9(10(11,12)13)15-6-8(7)17(18)19/h5-6H,3-4H2,1-2H3,(H,14,15). The summed E-state index contributed by atoms with van der Waals surface area (Å²) in [6.07, 6.45) is -4.02. The Morgan fingerprint density at radius 2 is 2.11 bits per heavy atom. The maximum absolute atomic E-state index is 12.5. The summed E-state index contributed by atoms with van der Waals surface area (Å²) in [4.78, 5) is 14.8. The molecular weight excluding hydrogens is 265 g/mol. The zero-order valence-corrected chi connectivity index (χ0v) is 10.4. The first kappa shape index (κ1) is 15.2. The van der Waals surface area contributed by atoms with Crippen LogP contribution in [-0.2, 0) is 6.18 Å². The van der Waals surface area contributed by atoms with E-state index in [1.165, 1.54) is 0 Å². The number of nitro groups is 1. The van der Waals surface area contributed by atoms with Gasteiger partial charge in [0.05, 0.1) is 4.92 Å². The molecule has 106 valence electrons. The minimum absolute atomic E-state index is 0.186. The predicted octanol–water partition coefficient (Wildman–Crippen LogP) is 1.98. The van der Waals surface area contributed by atoms with E-state index in [0.29, 0.717) is 18.8 Å². The molecule has 0 saturated heterocycles. The Bertz CT molecular complexity index is 463. The largest absolute Gasteiger partial charge is 0.433 e. The Kier molecular flexibility index (Phi) is 4.65. The van der Waals surface area contributed by atoms with Crippen molar-refractivity contribution < 1.29 is 18.1 Å². The fourth-order valence-electron chi connectivity index (χ4n) is 1.30. The van der Waals surface area contributed by atoms with Gasteiger partial charge in [0.1, 0.15) is 17.6 Å². The van der Waals surface area contributed by atoms with Crippen LogP contribution in [0.15, 0.2) is 12.3 Å². The molecule has 19 heavy (non-hydrogen) atoms. The first-order valence-electron chi connectivity index (χ1n) is 5.32. The van der Waals surface area contributed by atoms with Crippen molar-refractivity contribution in [2.24, 2.45) is 0 Å². The quantitative estimate of drug-likeness (QED) is 0.658. The fourth-order valence-corrected chi connectivity index (χ4v) is 1.30. The maximum atomic E-state index is 12.5. The van der Waals surface area contributed by atoms with Gasteiger partial charge in [-0.3, -0.25) is 10.1 Å². The van der Waals surface area contributed by atoms with E-state index in [-0.39, 0.29) is 12.2 Å². The summed E-state index contributed by atoms with van der Waals surface area (Å²) in [5, 5.41) is 13.3. The average molecular weight is 278 g/mol. The normalized spacial score (nSPS) is 11.7. The molecule has 1 aromatic rings. The molecule has 0 aliphatic rings. The second-order valence-corrected chi connectivity index (χ2v) is 4.07. The van der Waals surface area contributed by atoms with Crippen molar-refractivity contribution in [1.29, 1.82) is 0 Å². The number of hydrogen-bond donors (Lipinski definition) is 1. The van der Waals surface area contributed by atoms with Gasteiger partial charge in [-0.2, -0.15) is 13.2 Å². The van der Waals surface area contributed by atoms with Crippen molar-refractivity contribution in [3.05, 3.63) is 28.1 Å². The first-order valence-corrected chi connectivity index (χ1v) is 5.32. The number of hydrogen-bond acceptors (Lipinski definition) is 5. The Balaban J connectivity index is 2.99. The van der Waals surface area contributed by atoms with Crippen molar-refractivity contribution in [2.75, 3.05) is 32.5 Å². The van der Waals surface area contributed by atoms with Crippen LogP contribution in [0.5, 0.6) is 0 Å². The van der Waals surface area contributed by atoms with Crippen molar-refractivity contribution in [3.8, 4) is 0 Å². The third-order valence-electron chi connectivity index (χ3n) is 2.24. The monoisotopic (exact) mass is 278 g/mol. The number of halogens is 3. The van der Waals surface area contributed by atoms with Crippen molar-refractivity contribution in [1.82, 2.24) is 9.88 Å². The van der Waals surface area contributed by atoms with Crippen LogP contribution in [0.2, 0.25) is 0 Å². The van der Waals surface area contributed by atoms with Crippen LogP contribution in [0, 0.1) is 10.1 Å². The highest BCUT2D eigenvalue weighted by Crippen LogP contribution is 2.32. The van der Waals surface area contributed by atoms with Gasteiger partial charge in [-0.1, -0.05) is 0 Å². The number of aromatic nitrogens is 1. The molecule has 0 aliphatic heterocycles. The molecule has 1 rings (SSSR count). The predicted molar refractivity (Wildman–Crippen MR) is 62.9 cm³/mol. The van der Waals surface area contributed by atoms with Crippen molar-refractivity contribution in [2.45, 2.75) is 6.18 Å². The summed E-state index contributed by atoms with van der Waals surface area (Å²) >= 11 is 0. The zero-order chi connectivity index (χ0) is 14.6. The molecule has 0 unspecified atom stereocenters. The lowest BCUT2D eigenvalue weighted by molar-refractivity contribution is -0.384. The van der Waals surface area contributed by atoms with Gasteiger partial charge >= 0.3 is 11.9 Å². The van der Waals surface area contributed by atoms with Crippen LogP contribution in [0.25, 0.3) is 0 Å². The van der Waals surface area contributed by atoms with Crippen LogP contribution in [-0.4, -0.2) is 42.0 Å². The molecule has 9 heteroatoms. The summed E-state index contributed by atoms with van der Waals surface area (Å²) in [6, 6.07) is 0.647. The summed E-state index contributed by atoms with van der Waals surface area (Å²) < 4.78 is 37.4. The molecule has 0 aliphatic carbocycles. The van der Waals surface area contributed by atoms with E-state index in [2.05, 4.69) is 10.3 Å². The Labute approximate surface area is 107 Å². The molecule has 1 aromatic heterocycles. The van der Waals surface area contributed by atoms with Gasteiger partial charge in [-0.25, -0.2) is 4.98 Å². The van der Waals surface area contributed by atoms with E-state index in [4.69, 9.17) is 0 Å². The third kappa shape index (κ3) is 4.36. The van der Waals surface area contributed by atoms with Gasteiger partial charge in [-0.05, 0) is 20.2 Å². The number of pyridine rings is 1. The number of nitrogens with zero attached hydrogens (tertiary/aromatic N) is 3. The van der Waals surface area contributed by atoms with Gasteiger partial charge in [0.15, 0.2) is 0 Å². The van der Waals surface area contributed by atoms with E-state index < -0.39 is 22.5 Å². The summed E-state index contributed by atoms with van der Waals surface area (Å²) in [7, 11) is 3.56. The molecule has 0 fully saturated rings. The number of anilines is 1. The molecule has 1 N–H and O–H groups in total. The highest BCUT2D eigenvalue weighted by molar-refractivity contribution is 5.61. The molecule has 6 nitrogen and oxygen atoms in total. The SMILES string of the molecule is CN(C)CCNc1cc(C(F)(F)F)ncc1[N+](=O)[O-]. The number of likely N-dealkylation sites (N-methyl/N-ethyl adjacent to an activating group) is 1. The molecule has 0 aromatic carbocycles. The molecule has 0 spiro atoms. The van der Waals surface area contributed by atoms with E-state index in [1.54, 1.807) is 19.0 Å². The summed E-state index contributed by atoms with van der Waals surface area (Å²) in [5.41, 5.74) is -1.83. The number of alkyl halides is 3. The Hall–Kier alpha value is -1.90. The number of nitrogens with one attached hydrogen (secondary N) is 1. The summed E-state index contributed by atoms with van der Waals surface area (Å²) in [5.74, 6) is 0. The Morgan fingerprint density at radius 3 is 2.58 bits per heavy atom. The lowest BCUT2D eigenvalue weighted by Gasteiger charge is -2.13. The molecular formula is C10H13F3N4O2. The molecule has 0 radical (unpaired) electrons. The van der Waals surface area contributed by atoms with E-state index in [0.717, 1.165) is 0 Å². The molecule has 1 heterocycles. The van der Waals surface area contributed by atoms with Gasteiger partial charge in [0.25, 0.3) is 0 Å². The van der Waals surface area contributed by atoms with E-state index in [1.807, 2.05) is 0 Å². The highest BCUT2D eigenvalue weighted by atomic mass is 19.4. The minimum atomic E-state index is -4.63. The van der Waals surface area contributed by atoms with Crippen molar-refractivity contribution in [3.63, 3.8) is 0 Å². The number of rotatable bonds is 5. The second-order valence-electron chi connectivity index (χ2n) is 4.07. The smallest absolute Gasteiger partial charge is 0.378 e. The minimum Gasteiger partial charge on any atom is -0.378 e. The van der Waals surface area contributed by atoms with E-state index >= 15 is 0 Å². The second kappa shape index (κ2) is 5.83. The van der Waals surface area contributed by atoms with Crippen LogP contribution in [0.1, 0.15) is 5.69 Å². The van der Waals surface area contributed by atoms with Gasteiger partial charge in [0, 0.05) is 13.1 Å². The van der Waals surface area contributed by atoms with Gasteiger partial charge < -0.3 is 10.2 Å². The van der Waals surface area contributed by atoms with Crippen LogP contribution in [0.4, 0.5) is 24.5 Å². The highest BCUT2D eigenvalue weighted by Gasteiger charge is 2.34. The maximum Gasteiger partial charge on any atom is 0.433 e.